The van der Waals surface area contributed by atoms with Crippen LogP contribution in [0.4, 0.5) is 5.69 Å². The van der Waals surface area contributed by atoms with Crippen LogP contribution in [0.15, 0.2) is 66.2 Å². The molecular formula is C17H13NO2. The third-order valence-electron chi connectivity index (χ3n) is 3.22. The Labute approximate surface area is 117 Å². The Morgan fingerprint density at radius 1 is 0.850 bits per heavy atom. The second-order valence-corrected chi connectivity index (χ2v) is 4.63. The molecule has 3 nitrogen and oxygen atoms in total. The molecule has 3 rings (SSSR count). The van der Waals surface area contributed by atoms with Crippen molar-refractivity contribution in [2.24, 2.45) is 0 Å². The summed E-state index contributed by atoms with van der Waals surface area (Å²) in [5.41, 5.74) is 2.09. The maximum Gasteiger partial charge on any atom is 0.261 e. The van der Waals surface area contributed by atoms with Crippen LogP contribution in [0, 0.1) is 0 Å². The molecule has 0 radical (unpaired) electrons. The minimum atomic E-state index is -0.231. The Bertz CT molecular complexity index is 675. The molecule has 0 saturated carbocycles. The Kier molecular flexibility index (Phi) is 3.17. The molecular weight excluding hydrogens is 250 g/mol. The fourth-order valence-electron chi connectivity index (χ4n) is 2.28. The van der Waals surface area contributed by atoms with Crippen molar-refractivity contribution in [3.63, 3.8) is 0 Å². The average molecular weight is 263 g/mol. The zero-order valence-electron chi connectivity index (χ0n) is 10.8. The number of nitrogens with zero attached hydrogens (tertiary/aromatic N) is 1. The largest absolute Gasteiger partial charge is 0.274 e. The topological polar surface area (TPSA) is 37.4 Å². The standard InChI is InChI=1S/C17H13NO2/c19-16-12-14(11-13-7-3-1-4-8-13)17(20)18(16)15-9-5-2-6-10-15/h1-11H,12H2/b14-11-. The first kappa shape index (κ1) is 12.4. The van der Waals surface area contributed by atoms with E-state index in [4.69, 9.17) is 0 Å². The van der Waals surface area contributed by atoms with E-state index in [2.05, 4.69) is 0 Å². The Morgan fingerprint density at radius 3 is 2.10 bits per heavy atom. The Balaban J connectivity index is 1.93. The fraction of sp³-hybridized carbons (Fsp3) is 0.0588. The lowest BCUT2D eigenvalue weighted by Crippen LogP contribution is -2.28. The highest BCUT2D eigenvalue weighted by atomic mass is 16.2. The van der Waals surface area contributed by atoms with Gasteiger partial charge in [0.1, 0.15) is 0 Å². The first-order chi connectivity index (χ1) is 9.75. The maximum absolute atomic E-state index is 12.4. The maximum atomic E-state index is 12.4. The summed E-state index contributed by atoms with van der Waals surface area (Å²) in [7, 11) is 0. The second kappa shape index (κ2) is 5.13. The zero-order chi connectivity index (χ0) is 13.9. The summed E-state index contributed by atoms with van der Waals surface area (Å²) in [6, 6.07) is 18.6. The third-order valence-corrected chi connectivity index (χ3v) is 3.22. The summed E-state index contributed by atoms with van der Waals surface area (Å²) in [5.74, 6) is -0.409. The molecule has 1 heterocycles. The molecule has 2 amide bonds. The molecule has 3 heteroatoms. The van der Waals surface area contributed by atoms with Crippen molar-refractivity contribution in [2.75, 3.05) is 4.90 Å². The normalized spacial score (nSPS) is 17.0. The zero-order valence-corrected chi connectivity index (χ0v) is 10.8. The minimum absolute atomic E-state index is 0.155. The molecule has 98 valence electrons. The quantitative estimate of drug-likeness (QED) is 0.617. The summed E-state index contributed by atoms with van der Waals surface area (Å²) in [6.07, 6.45) is 1.94. The number of hydrogen-bond donors (Lipinski definition) is 0. The van der Waals surface area contributed by atoms with Crippen LogP contribution in [-0.4, -0.2) is 11.8 Å². The summed E-state index contributed by atoms with van der Waals surface area (Å²) >= 11 is 0. The molecule has 1 saturated heterocycles. The van der Waals surface area contributed by atoms with Gasteiger partial charge >= 0.3 is 0 Å². The smallest absolute Gasteiger partial charge is 0.261 e. The van der Waals surface area contributed by atoms with Gasteiger partial charge in [-0.1, -0.05) is 48.5 Å². The summed E-state index contributed by atoms with van der Waals surface area (Å²) < 4.78 is 0. The highest BCUT2D eigenvalue weighted by Crippen LogP contribution is 2.26. The van der Waals surface area contributed by atoms with Gasteiger partial charge in [-0.25, -0.2) is 4.90 Å². The van der Waals surface area contributed by atoms with Crippen LogP contribution < -0.4 is 4.90 Å². The minimum Gasteiger partial charge on any atom is -0.274 e. The average Bonchev–Trinajstić information content (AvgIpc) is 2.75. The lowest BCUT2D eigenvalue weighted by atomic mass is 10.1. The van der Waals surface area contributed by atoms with Crippen molar-refractivity contribution < 1.29 is 9.59 Å². The van der Waals surface area contributed by atoms with Gasteiger partial charge < -0.3 is 0 Å². The second-order valence-electron chi connectivity index (χ2n) is 4.63. The van der Waals surface area contributed by atoms with Crippen molar-refractivity contribution in [3.05, 3.63) is 71.8 Å². The molecule has 0 bridgehead atoms. The number of para-hydroxylation sites is 1. The number of hydrogen-bond acceptors (Lipinski definition) is 2. The van der Waals surface area contributed by atoms with Gasteiger partial charge in [0.2, 0.25) is 5.91 Å². The molecule has 0 aliphatic carbocycles. The van der Waals surface area contributed by atoms with E-state index < -0.39 is 0 Å². The van der Waals surface area contributed by atoms with Crippen molar-refractivity contribution in [1.29, 1.82) is 0 Å². The predicted molar refractivity (Wildman–Crippen MR) is 78.0 cm³/mol. The molecule has 1 aliphatic rings. The first-order valence-electron chi connectivity index (χ1n) is 6.43. The van der Waals surface area contributed by atoms with E-state index in [1.165, 1.54) is 4.90 Å². The molecule has 0 aromatic heterocycles. The van der Waals surface area contributed by atoms with Gasteiger partial charge in [-0.3, -0.25) is 9.59 Å². The van der Waals surface area contributed by atoms with Crippen LogP contribution >= 0.6 is 0 Å². The number of carbonyl (C=O) groups is 2. The molecule has 2 aromatic rings. The summed E-state index contributed by atoms with van der Waals surface area (Å²) in [6.45, 7) is 0. The van der Waals surface area contributed by atoms with Gasteiger partial charge in [0, 0.05) is 5.57 Å². The van der Waals surface area contributed by atoms with Crippen LogP contribution in [-0.2, 0) is 9.59 Å². The third kappa shape index (κ3) is 2.26. The Morgan fingerprint density at radius 2 is 1.45 bits per heavy atom. The van der Waals surface area contributed by atoms with Gasteiger partial charge in [0.15, 0.2) is 0 Å². The monoisotopic (exact) mass is 263 g/mol. The van der Waals surface area contributed by atoms with Crippen molar-refractivity contribution in [2.45, 2.75) is 6.42 Å². The van der Waals surface area contributed by atoms with E-state index in [-0.39, 0.29) is 18.2 Å². The Hall–Kier alpha value is -2.68. The van der Waals surface area contributed by atoms with Crippen LogP contribution in [0.5, 0.6) is 0 Å². The lowest BCUT2D eigenvalue weighted by Gasteiger charge is -2.12. The van der Waals surface area contributed by atoms with Crippen molar-refractivity contribution in [1.82, 2.24) is 0 Å². The number of imide groups is 1. The van der Waals surface area contributed by atoms with Crippen LogP contribution in [0.3, 0.4) is 0 Å². The number of amides is 2. The number of rotatable bonds is 2. The highest BCUT2D eigenvalue weighted by Gasteiger charge is 2.34. The van der Waals surface area contributed by atoms with Crippen LogP contribution in [0.2, 0.25) is 0 Å². The van der Waals surface area contributed by atoms with Gasteiger partial charge in [-0.2, -0.15) is 0 Å². The molecule has 0 atom stereocenters. The van der Waals surface area contributed by atoms with Crippen LogP contribution in [0.25, 0.3) is 6.08 Å². The highest BCUT2D eigenvalue weighted by molar-refractivity contribution is 6.29. The molecule has 1 fully saturated rings. The van der Waals surface area contributed by atoms with E-state index in [9.17, 15) is 9.59 Å². The number of benzene rings is 2. The molecule has 0 spiro atoms. The predicted octanol–water partition coefficient (Wildman–Crippen LogP) is 3.03. The number of carbonyl (C=O) groups excluding carboxylic acids is 2. The van der Waals surface area contributed by atoms with Gasteiger partial charge in [0.25, 0.3) is 5.91 Å². The molecule has 20 heavy (non-hydrogen) atoms. The van der Waals surface area contributed by atoms with Crippen molar-refractivity contribution in [3.8, 4) is 0 Å². The van der Waals surface area contributed by atoms with E-state index in [0.717, 1.165) is 5.56 Å². The molecule has 0 N–H and O–H groups in total. The van der Waals surface area contributed by atoms with Crippen LogP contribution in [0.1, 0.15) is 12.0 Å². The van der Waals surface area contributed by atoms with Gasteiger partial charge in [0.05, 0.1) is 12.1 Å². The first-order valence-corrected chi connectivity index (χ1v) is 6.43. The van der Waals surface area contributed by atoms with E-state index >= 15 is 0 Å². The SMILES string of the molecule is O=C1C/C(=C/c2ccccc2)C(=O)N1c1ccccc1. The van der Waals surface area contributed by atoms with Crippen molar-refractivity contribution >= 4 is 23.6 Å². The summed E-state index contributed by atoms with van der Waals surface area (Å²) in [5, 5.41) is 0. The number of anilines is 1. The molecule has 2 aromatic carbocycles. The van der Waals surface area contributed by atoms with Gasteiger partial charge in [-0.05, 0) is 23.8 Å². The lowest BCUT2D eigenvalue weighted by molar-refractivity contribution is -0.120. The van der Waals surface area contributed by atoms with E-state index in [0.29, 0.717) is 11.3 Å². The molecule has 1 aliphatic heterocycles. The summed E-state index contributed by atoms with van der Waals surface area (Å²) in [4.78, 5) is 25.7. The van der Waals surface area contributed by atoms with E-state index in [1.807, 2.05) is 48.5 Å². The fourth-order valence-corrected chi connectivity index (χ4v) is 2.28. The van der Waals surface area contributed by atoms with E-state index in [1.54, 1.807) is 18.2 Å². The van der Waals surface area contributed by atoms with Gasteiger partial charge in [-0.15, -0.1) is 0 Å². The molecule has 0 unspecified atom stereocenters.